The lowest BCUT2D eigenvalue weighted by molar-refractivity contribution is -0.0390. The molecule has 0 radical (unpaired) electrons. The molecule has 1 aliphatic rings. The number of pyridine rings is 1. The lowest BCUT2D eigenvalue weighted by atomic mass is 9.96. The van der Waals surface area contributed by atoms with Crippen molar-refractivity contribution in [3.8, 4) is 0 Å². The summed E-state index contributed by atoms with van der Waals surface area (Å²) in [6.07, 6.45) is 3.76. The molecule has 2 heterocycles. The predicted molar refractivity (Wildman–Crippen MR) is 80.5 cm³/mol. The van der Waals surface area contributed by atoms with E-state index in [0.717, 1.165) is 37.2 Å². The van der Waals surface area contributed by atoms with Crippen LogP contribution in [-0.4, -0.2) is 42.2 Å². The van der Waals surface area contributed by atoms with Gasteiger partial charge in [0.05, 0.1) is 18.8 Å². The highest BCUT2D eigenvalue weighted by molar-refractivity contribution is 5.85. The molecule has 20 heavy (non-hydrogen) atoms. The standard InChI is InChI=1S/C16H21N3O/c1-2-19-8-9-20-15(11-19)16(17)14-5-3-4-12-10-18-7-6-13(12)14/h3-7,10,15-16H,2,8-9,11,17H2,1H3. The fourth-order valence-corrected chi connectivity index (χ4v) is 2.87. The van der Waals surface area contributed by atoms with Crippen molar-refractivity contribution in [2.45, 2.75) is 19.1 Å². The number of rotatable bonds is 3. The number of nitrogens with two attached hydrogens (primary N) is 1. The summed E-state index contributed by atoms with van der Waals surface area (Å²) in [5, 5.41) is 2.30. The van der Waals surface area contributed by atoms with Crippen LogP contribution < -0.4 is 5.73 Å². The van der Waals surface area contributed by atoms with Gasteiger partial charge in [0.25, 0.3) is 0 Å². The summed E-state index contributed by atoms with van der Waals surface area (Å²) >= 11 is 0. The third kappa shape index (κ3) is 2.54. The average molecular weight is 271 g/mol. The normalized spacial score (nSPS) is 22.0. The highest BCUT2D eigenvalue weighted by Gasteiger charge is 2.27. The third-order valence-electron chi connectivity index (χ3n) is 4.10. The summed E-state index contributed by atoms with van der Waals surface area (Å²) < 4.78 is 5.89. The van der Waals surface area contributed by atoms with Gasteiger partial charge >= 0.3 is 0 Å². The molecule has 0 amide bonds. The molecule has 4 nitrogen and oxygen atoms in total. The maximum absolute atomic E-state index is 6.48. The quantitative estimate of drug-likeness (QED) is 0.927. The third-order valence-corrected chi connectivity index (χ3v) is 4.10. The number of likely N-dealkylation sites (N-methyl/N-ethyl adjacent to an activating group) is 1. The first-order chi connectivity index (χ1) is 9.79. The van der Waals surface area contributed by atoms with Crippen molar-refractivity contribution in [2.75, 3.05) is 26.2 Å². The number of ether oxygens (including phenoxy) is 1. The number of morpholine rings is 1. The molecule has 4 heteroatoms. The van der Waals surface area contributed by atoms with E-state index in [1.807, 2.05) is 24.5 Å². The first-order valence-electron chi connectivity index (χ1n) is 7.21. The fraction of sp³-hybridized carbons (Fsp3) is 0.438. The molecule has 0 saturated carbocycles. The van der Waals surface area contributed by atoms with Crippen LogP contribution in [0.25, 0.3) is 10.8 Å². The van der Waals surface area contributed by atoms with Crippen LogP contribution in [0.15, 0.2) is 36.7 Å². The van der Waals surface area contributed by atoms with Gasteiger partial charge in [0.15, 0.2) is 0 Å². The van der Waals surface area contributed by atoms with Crippen molar-refractivity contribution in [1.82, 2.24) is 9.88 Å². The van der Waals surface area contributed by atoms with Gasteiger partial charge in [-0.15, -0.1) is 0 Å². The predicted octanol–water partition coefficient (Wildman–Crippen LogP) is 1.96. The SMILES string of the molecule is CCN1CCOC(C(N)c2cccc3cnccc23)C1. The molecular formula is C16H21N3O. The van der Waals surface area contributed by atoms with Gasteiger partial charge in [0.1, 0.15) is 0 Å². The Morgan fingerprint density at radius 1 is 1.45 bits per heavy atom. The van der Waals surface area contributed by atoms with E-state index in [2.05, 4.69) is 28.9 Å². The summed E-state index contributed by atoms with van der Waals surface area (Å²) in [5.41, 5.74) is 7.63. The highest BCUT2D eigenvalue weighted by Crippen LogP contribution is 2.26. The Hall–Kier alpha value is -1.49. The molecular weight excluding hydrogens is 250 g/mol. The van der Waals surface area contributed by atoms with Gasteiger partial charge in [-0.3, -0.25) is 9.88 Å². The van der Waals surface area contributed by atoms with Crippen molar-refractivity contribution >= 4 is 10.8 Å². The second kappa shape index (κ2) is 5.87. The van der Waals surface area contributed by atoms with Crippen molar-refractivity contribution in [1.29, 1.82) is 0 Å². The summed E-state index contributed by atoms with van der Waals surface area (Å²) in [7, 11) is 0. The number of hydrogen-bond acceptors (Lipinski definition) is 4. The summed E-state index contributed by atoms with van der Waals surface area (Å²) in [6, 6.07) is 8.14. The second-order valence-electron chi connectivity index (χ2n) is 5.27. The summed E-state index contributed by atoms with van der Waals surface area (Å²) in [5.74, 6) is 0. The molecule has 2 unspecified atom stereocenters. The highest BCUT2D eigenvalue weighted by atomic mass is 16.5. The van der Waals surface area contributed by atoms with Gasteiger partial charge in [0.2, 0.25) is 0 Å². The maximum atomic E-state index is 6.48. The van der Waals surface area contributed by atoms with E-state index in [0.29, 0.717) is 0 Å². The minimum atomic E-state index is -0.101. The molecule has 1 aromatic carbocycles. The molecule has 0 bridgehead atoms. The molecule has 1 aromatic heterocycles. The Kier molecular flexibility index (Phi) is 3.96. The maximum Gasteiger partial charge on any atom is 0.0895 e. The van der Waals surface area contributed by atoms with Crippen molar-refractivity contribution in [2.24, 2.45) is 5.73 Å². The second-order valence-corrected chi connectivity index (χ2v) is 5.27. The zero-order valence-electron chi connectivity index (χ0n) is 11.8. The van der Waals surface area contributed by atoms with Crippen LogP contribution >= 0.6 is 0 Å². The number of fused-ring (bicyclic) bond motifs is 1. The molecule has 2 atom stereocenters. The van der Waals surface area contributed by atoms with Crippen molar-refractivity contribution in [3.05, 3.63) is 42.2 Å². The monoisotopic (exact) mass is 271 g/mol. The first kappa shape index (κ1) is 13.5. The van der Waals surface area contributed by atoms with Gasteiger partial charge in [-0.25, -0.2) is 0 Å². The van der Waals surface area contributed by atoms with Crippen LogP contribution in [0.1, 0.15) is 18.5 Å². The van der Waals surface area contributed by atoms with E-state index in [1.54, 1.807) is 0 Å². The van der Waals surface area contributed by atoms with E-state index in [9.17, 15) is 0 Å². The number of hydrogen-bond donors (Lipinski definition) is 1. The minimum absolute atomic E-state index is 0.0578. The first-order valence-corrected chi connectivity index (χ1v) is 7.21. The summed E-state index contributed by atoms with van der Waals surface area (Å²) in [6.45, 7) is 5.89. The van der Waals surface area contributed by atoms with Crippen molar-refractivity contribution in [3.63, 3.8) is 0 Å². The smallest absolute Gasteiger partial charge is 0.0895 e. The fourth-order valence-electron chi connectivity index (χ4n) is 2.87. The molecule has 0 spiro atoms. The van der Waals surface area contributed by atoms with Crippen LogP contribution in [0.4, 0.5) is 0 Å². The number of nitrogens with zero attached hydrogens (tertiary/aromatic N) is 2. The lowest BCUT2D eigenvalue weighted by Crippen LogP contribution is -2.46. The van der Waals surface area contributed by atoms with Crippen LogP contribution in [0.3, 0.4) is 0 Å². The van der Waals surface area contributed by atoms with E-state index in [-0.39, 0.29) is 12.1 Å². The molecule has 3 rings (SSSR count). The number of aromatic nitrogens is 1. The molecule has 0 aliphatic carbocycles. The molecule has 2 aromatic rings. The van der Waals surface area contributed by atoms with Gasteiger partial charge in [-0.05, 0) is 23.6 Å². The lowest BCUT2D eigenvalue weighted by Gasteiger charge is -2.35. The molecule has 1 aliphatic heterocycles. The Bertz CT molecular complexity index is 581. The Balaban J connectivity index is 1.90. The zero-order valence-corrected chi connectivity index (χ0v) is 11.8. The molecule has 1 fully saturated rings. The molecule has 2 N–H and O–H groups in total. The van der Waals surface area contributed by atoms with Gasteiger partial charge in [0, 0.05) is 30.9 Å². The van der Waals surface area contributed by atoms with Gasteiger partial charge < -0.3 is 10.5 Å². The Morgan fingerprint density at radius 2 is 2.35 bits per heavy atom. The minimum Gasteiger partial charge on any atom is -0.374 e. The van der Waals surface area contributed by atoms with Crippen LogP contribution in [0.2, 0.25) is 0 Å². The Labute approximate surface area is 119 Å². The zero-order chi connectivity index (χ0) is 13.9. The van der Waals surface area contributed by atoms with Gasteiger partial charge in [-0.1, -0.05) is 25.1 Å². The average Bonchev–Trinajstić information content (AvgIpc) is 2.53. The van der Waals surface area contributed by atoms with Crippen LogP contribution in [0, 0.1) is 0 Å². The largest absolute Gasteiger partial charge is 0.374 e. The van der Waals surface area contributed by atoms with E-state index in [4.69, 9.17) is 10.5 Å². The Morgan fingerprint density at radius 3 is 3.20 bits per heavy atom. The molecule has 106 valence electrons. The number of benzene rings is 1. The summed E-state index contributed by atoms with van der Waals surface area (Å²) in [4.78, 5) is 6.56. The topological polar surface area (TPSA) is 51.4 Å². The van der Waals surface area contributed by atoms with Crippen molar-refractivity contribution < 1.29 is 4.74 Å². The van der Waals surface area contributed by atoms with E-state index in [1.165, 1.54) is 5.39 Å². The van der Waals surface area contributed by atoms with Gasteiger partial charge in [-0.2, -0.15) is 0 Å². The van der Waals surface area contributed by atoms with Crippen LogP contribution in [0.5, 0.6) is 0 Å². The van der Waals surface area contributed by atoms with Crippen LogP contribution in [-0.2, 0) is 4.74 Å². The van der Waals surface area contributed by atoms with E-state index < -0.39 is 0 Å². The molecule has 1 saturated heterocycles. The van der Waals surface area contributed by atoms with E-state index >= 15 is 0 Å².